The van der Waals surface area contributed by atoms with Gasteiger partial charge in [-0.05, 0) is 104 Å². The van der Waals surface area contributed by atoms with Crippen LogP contribution in [0.3, 0.4) is 0 Å². The minimum atomic E-state index is -0.373. The van der Waals surface area contributed by atoms with Gasteiger partial charge in [0, 0.05) is 0 Å². The van der Waals surface area contributed by atoms with Gasteiger partial charge in [0.15, 0.2) is 0 Å². The normalized spacial score (nSPS) is 46.6. The van der Waals surface area contributed by atoms with E-state index in [0.717, 1.165) is 32.1 Å². The molecule has 0 spiro atoms. The Bertz CT molecular complexity index is 701. The molecular formula is C29H50O3. The molecule has 3 N–H and O–H groups in total. The summed E-state index contributed by atoms with van der Waals surface area (Å²) in [7, 11) is 0. The summed E-state index contributed by atoms with van der Waals surface area (Å²) in [5, 5.41) is 32.9. The summed E-state index contributed by atoms with van der Waals surface area (Å²) in [6.45, 7) is 14.1. The molecule has 32 heavy (non-hydrogen) atoms. The van der Waals surface area contributed by atoms with Crippen LogP contribution in [0.4, 0.5) is 0 Å². The van der Waals surface area contributed by atoms with Crippen LogP contribution in [0.15, 0.2) is 11.6 Å². The first-order valence-corrected chi connectivity index (χ1v) is 13.8. The second-order valence-corrected chi connectivity index (χ2v) is 13.1. The molecule has 0 aliphatic heterocycles. The van der Waals surface area contributed by atoms with Gasteiger partial charge in [-0.3, -0.25) is 0 Å². The molecule has 0 amide bonds. The highest BCUT2D eigenvalue weighted by atomic mass is 16.3. The third kappa shape index (κ3) is 3.93. The van der Waals surface area contributed by atoms with E-state index in [1.54, 1.807) is 0 Å². The molecule has 0 aromatic heterocycles. The van der Waals surface area contributed by atoms with E-state index in [9.17, 15) is 15.3 Å². The van der Waals surface area contributed by atoms with Gasteiger partial charge in [-0.15, -0.1) is 0 Å². The van der Waals surface area contributed by atoms with Crippen LogP contribution in [0.5, 0.6) is 0 Å². The van der Waals surface area contributed by atoms with Gasteiger partial charge in [0.1, 0.15) is 0 Å². The molecule has 0 aromatic rings. The molecule has 0 aromatic carbocycles. The number of hydrogen-bond acceptors (Lipinski definition) is 3. The lowest BCUT2D eigenvalue weighted by Gasteiger charge is -2.59. The molecule has 11 atom stereocenters. The smallest absolute Gasteiger partial charge is 0.0757 e. The average molecular weight is 447 g/mol. The fraction of sp³-hybridized carbons (Fsp3) is 0.931. The molecule has 0 saturated heterocycles. The van der Waals surface area contributed by atoms with Crippen molar-refractivity contribution in [3.8, 4) is 0 Å². The summed E-state index contributed by atoms with van der Waals surface area (Å²) in [6.07, 6.45) is 10.9. The minimum Gasteiger partial charge on any atom is -0.393 e. The lowest BCUT2D eigenvalue weighted by molar-refractivity contribution is -0.103. The lowest BCUT2D eigenvalue weighted by atomic mass is 9.46. The van der Waals surface area contributed by atoms with Gasteiger partial charge in [-0.2, -0.15) is 0 Å². The highest BCUT2D eigenvalue weighted by Gasteiger charge is 2.61. The second kappa shape index (κ2) is 9.00. The number of hydrogen-bond donors (Lipinski definition) is 3. The quantitative estimate of drug-likeness (QED) is 0.441. The van der Waals surface area contributed by atoms with Gasteiger partial charge in [-0.1, -0.05) is 59.6 Å². The monoisotopic (exact) mass is 446 g/mol. The Morgan fingerprint density at radius 3 is 2.38 bits per heavy atom. The molecule has 0 radical (unpaired) electrons. The van der Waals surface area contributed by atoms with Crippen LogP contribution >= 0.6 is 0 Å². The van der Waals surface area contributed by atoms with Gasteiger partial charge in [-0.25, -0.2) is 0 Å². The summed E-state index contributed by atoms with van der Waals surface area (Å²) >= 11 is 0. The third-order valence-electron chi connectivity index (χ3n) is 11.4. The number of aliphatic hydroxyl groups is 3. The molecule has 0 heterocycles. The summed E-state index contributed by atoms with van der Waals surface area (Å²) < 4.78 is 0. The van der Waals surface area contributed by atoms with Crippen molar-refractivity contribution < 1.29 is 15.3 Å². The van der Waals surface area contributed by atoms with Gasteiger partial charge in [0.25, 0.3) is 0 Å². The first-order valence-electron chi connectivity index (χ1n) is 13.8. The Morgan fingerprint density at radius 2 is 1.72 bits per heavy atom. The van der Waals surface area contributed by atoms with Crippen molar-refractivity contribution in [2.75, 3.05) is 0 Å². The molecule has 3 nitrogen and oxygen atoms in total. The van der Waals surface area contributed by atoms with Crippen LogP contribution in [-0.4, -0.2) is 33.6 Å². The molecular weight excluding hydrogens is 396 g/mol. The van der Waals surface area contributed by atoms with E-state index in [4.69, 9.17) is 0 Å². The van der Waals surface area contributed by atoms with Gasteiger partial charge in [0.05, 0.1) is 18.3 Å². The van der Waals surface area contributed by atoms with Crippen molar-refractivity contribution in [2.45, 2.75) is 118 Å². The van der Waals surface area contributed by atoms with Crippen LogP contribution in [-0.2, 0) is 0 Å². The highest BCUT2D eigenvalue weighted by molar-refractivity contribution is 5.28. The lowest BCUT2D eigenvalue weighted by Crippen LogP contribution is -2.55. The van der Waals surface area contributed by atoms with E-state index in [1.165, 1.54) is 31.3 Å². The Labute approximate surface area is 197 Å². The Hall–Kier alpha value is -0.380. The largest absolute Gasteiger partial charge is 0.393 e. The molecule has 3 fully saturated rings. The fourth-order valence-electron chi connectivity index (χ4n) is 9.24. The fourth-order valence-corrected chi connectivity index (χ4v) is 9.24. The Kier molecular flexibility index (Phi) is 6.96. The summed E-state index contributed by atoms with van der Waals surface area (Å²) in [6, 6.07) is 0. The van der Waals surface area contributed by atoms with E-state index >= 15 is 0 Å². The molecule has 184 valence electrons. The first kappa shape index (κ1) is 24.7. The highest BCUT2D eigenvalue weighted by Crippen LogP contribution is 2.67. The molecule has 4 rings (SSSR count). The molecule has 4 aliphatic carbocycles. The van der Waals surface area contributed by atoms with E-state index in [2.05, 4.69) is 47.6 Å². The number of aliphatic hydroxyl groups excluding tert-OH is 3. The predicted molar refractivity (Wildman–Crippen MR) is 131 cm³/mol. The Balaban J connectivity index is 1.55. The maximum Gasteiger partial charge on any atom is 0.0757 e. The van der Waals surface area contributed by atoms with Crippen LogP contribution in [0.2, 0.25) is 0 Å². The van der Waals surface area contributed by atoms with E-state index in [0.29, 0.717) is 41.4 Å². The maximum atomic E-state index is 11.3. The van der Waals surface area contributed by atoms with Crippen molar-refractivity contribution in [2.24, 2.45) is 52.3 Å². The van der Waals surface area contributed by atoms with Gasteiger partial charge < -0.3 is 15.3 Å². The van der Waals surface area contributed by atoms with E-state index < -0.39 is 0 Å². The molecule has 4 aliphatic rings. The zero-order chi connectivity index (χ0) is 23.4. The van der Waals surface area contributed by atoms with Gasteiger partial charge in [0.2, 0.25) is 0 Å². The van der Waals surface area contributed by atoms with Crippen LogP contribution < -0.4 is 0 Å². The first-order chi connectivity index (χ1) is 15.0. The van der Waals surface area contributed by atoms with Crippen molar-refractivity contribution in [1.82, 2.24) is 0 Å². The maximum absolute atomic E-state index is 11.3. The number of rotatable bonds is 6. The summed E-state index contributed by atoms with van der Waals surface area (Å²) in [5.41, 5.74) is 1.70. The van der Waals surface area contributed by atoms with Crippen LogP contribution in [0.1, 0.15) is 99.3 Å². The van der Waals surface area contributed by atoms with Crippen molar-refractivity contribution in [3.05, 3.63) is 11.6 Å². The van der Waals surface area contributed by atoms with Crippen molar-refractivity contribution in [3.63, 3.8) is 0 Å². The summed E-state index contributed by atoms with van der Waals surface area (Å²) in [5.74, 6) is 3.51. The standard InChI is InChI=1S/C29H50O3/c1-7-19(17(2)3)14-25(31)18(4)22-8-9-23-27-24(11-13-29(22,23)6)28(5)12-10-21(30)15-20(28)16-26(27)32/h16-19,21-27,30-32H,7-15H2,1-6H3/t18-,19+,21-,22+,23-,24-,25+,26+,27-,28-,29+/m0/s1. The van der Waals surface area contributed by atoms with Crippen LogP contribution in [0, 0.1) is 52.3 Å². The third-order valence-corrected chi connectivity index (χ3v) is 11.4. The molecule has 0 bridgehead atoms. The molecule has 3 saturated carbocycles. The van der Waals surface area contributed by atoms with Gasteiger partial charge >= 0.3 is 0 Å². The van der Waals surface area contributed by atoms with E-state index in [1.807, 2.05) is 0 Å². The van der Waals surface area contributed by atoms with Crippen molar-refractivity contribution in [1.29, 1.82) is 0 Å². The average Bonchev–Trinajstić information content (AvgIpc) is 3.09. The SMILES string of the molecule is CC[C@H](C[C@@H](O)[C@@H](C)[C@H]1CC[C@H]2[C@@H]3[C@H](O)C=C4C[C@@H](O)CC[C@]4(C)[C@H]3CC[C@]12C)C(C)C. The van der Waals surface area contributed by atoms with Crippen molar-refractivity contribution >= 4 is 0 Å². The second-order valence-electron chi connectivity index (χ2n) is 13.1. The van der Waals surface area contributed by atoms with E-state index in [-0.39, 0.29) is 29.1 Å². The van der Waals surface area contributed by atoms with Crippen LogP contribution in [0.25, 0.3) is 0 Å². The Morgan fingerprint density at radius 1 is 1.00 bits per heavy atom. The molecule has 3 heteroatoms. The topological polar surface area (TPSA) is 60.7 Å². The zero-order valence-corrected chi connectivity index (χ0v) is 21.6. The number of fused-ring (bicyclic) bond motifs is 5. The molecule has 0 unspecified atom stereocenters. The zero-order valence-electron chi connectivity index (χ0n) is 21.6. The summed E-state index contributed by atoms with van der Waals surface area (Å²) in [4.78, 5) is 0. The minimum absolute atomic E-state index is 0.152. The predicted octanol–water partition coefficient (Wildman–Crippen LogP) is 5.97.